The minimum absolute atomic E-state index is 0.114. The molecule has 132 valence electrons. The van der Waals surface area contributed by atoms with E-state index in [-0.39, 0.29) is 5.91 Å². The average molecular weight is 330 g/mol. The fourth-order valence-electron chi connectivity index (χ4n) is 4.14. The first-order chi connectivity index (χ1) is 11.7. The Kier molecular flexibility index (Phi) is 4.61. The molecule has 1 saturated carbocycles. The van der Waals surface area contributed by atoms with Crippen LogP contribution in [0.3, 0.4) is 0 Å². The van der Waals surface area contributed by atoms with Crippen LogP contribution in [0.4, 0.5) is 0 Å². The van der Waals surface area contributed by atoms with E-state index in [0.29, 0.717) is 11.6 Å². The Morgan fingerprint density at radius 2 is 1.83 bits per heavy atom. The third-order valence-electron chi connectivity index (χ3n) is 6.13. The Balaban J connectivity index is 1.25. The first kappa shape index (κ1) is 16.1. The van der Waals surface area contributed by atoms with Gasteiger partial charge in [0.25, 0.3) is 5.91 Å². The van der Waals surface area contributed by atoms with Gasteiger partial charge in [-0.25, -0.2) is 0 Å². The molecule has 1 N–H and O–H groups in total. The van der Waals surface area contributed by atoms with Gasteiger partial charge in [0.15, 0.2) is 0 Å². The standard InChI is InChI=1S/C19H30N4O/c1-14-4-8-22(9-5-14)13-15-6-10-23(11-7-15)19(24)18-12-17(20-21-18)16-2-3-16/h12,14-16H,2-11,13H2,1H3,(H,20,21). The summed E-state index contributed by atoms with van der Waals surface area (Å²) >= 11 is 0. The van der Waals surface area contributed by atoms with Crippen LogP contribution in [0.15, 0.2) is 6.07 Å². The smallest absolute Gasteiger partial charge is 0.274 e. The van der Waals surface area contributed by atoms with Gasteiger partial charge in [0.05, 0.1) is 0 Å². The van der Waals surface area contributed by atoms with Crippen molar-refractivity contribution in [2.75, 3.05) is 32.7 Å². The predicted molar refractivity (Wildman–Crippen MR) is 94.0 cm³/mol. The molecule has 2 saturated heterocycles. The summed E-state index contributed by atoms with van der Waals surface area (Å²) in [5.41, 5.74) is 1.76. The second kappa shape index (κ2) is 6.87. The Morgan fingerprint density at radius 3 is 2.50 bits per heavy atom. The summed E-state index contributed by atoms with van der Waals surface area (Å²) in [6, 6.07) is 1.97. The van der Waals surface area contributed by atoms with E-state index in [1.807, 2.05) is 11.0 Å². The lowest BCUT2D eigenvalue weighted by Gasteiger charge is -2.37. The van der Waals surface area contributed by atoms with Gasteiger partial charge in [0, 0.05) is 31.2 Å². The number of likely N-dealkylation sites (tertiary alicyclic amines) is 2. The molecule has 1 aromatic heterocycles. The van der Waals surface area contributed by atoms with Gasteiger partial charge in [-0.05, 0) is 69.5 Å². The van der Waals surface area contributed by atoms with Gasteiger partial charge in [-0.3, -0.25) is 9.89 Å². The summed E-state index contributed by atoms with van der Waals surface area (Å²) in [6.07, 6.45) is 7.43. The number of H-pyrrole nitrogens is 1. The van der Waals surface area contributed by atoms with Gasteiger partial charge in [-0.2, -0.15) is 5.10 Å². The van der Waals surface area contributed by atoms with Crippen molar-refractivity contribution < 1.29 is 4.79 Å². The van der Waals surface area contributed by atoms with Crippen LogP contribution in [-0.2, 0) is 0 Å². The van der Waals surface area contributed by atoms with E-state index in [4.69, 9.17) is 0 Å². The number of hydrogen-bond donors (Lipinski definition) is 1. The van der Waals surface area contributed by atoms with Gasteiger partial charge in [-0.1, -0.05) is 6.92 Å². The molecule has 3 heterocycles. The maximum absolute atomic E-state index is 12.6. The number of nitrogens with one attached hydrogen (secondary N) is 1. The molecule has 0 spiro atoms. The van der Waals surface area contributed by atoms with Crippen molar-refractivity contribution in [3.63, 3.8) is 0 Å². The largest absolute Gasteiger partial charge is 0.337 e. The van der Waals surface area contributed by atoms with Crippen molar-refractivity contribution in [1.82, 2.24) is 20.0 Å². The zero-order chi connectivity index (χ0) is 16.5. The third-order valence-corrected chi connectivity index (χ3v) is 6.13. The molecule has 5 nitrogen and oxygen atoms in total. The minimum Gasteiger partial charge on any atom is -0.337 e. The SMILES string of the molecule is CC1CCN(CC2CCN(C(=O)c3cc(C4CC4)[nH]n3)CC2)CC1. The van der Waals surface area contributed by atoms with E-state index >= 15 is 0 Å². The van der Waals surface area contributed by atoms with Crippen LogP contribution in [0.2, 0.25) is 0 Å². The zero-order valence-electron chi connectivity index (χ0n) is 14.8. The summed E-state index contributed by atoms with van der Waals surface area (Å²) < 4.78 is 0. The first-order valence-corrected chi connectivity index (χ1v) is 9.76. The molecular formula is C19H30N4O. The molecule has 4 rings (SSSR count). The molecule has 2 aliphatic heterocycles. The highest BCUT2D eigenvalue weighted by Gasteiger charge is 2.29. The normalized spacial score (nSPS) is 24.5. The summed E-state index contributed by atoms with van der Waals surface area (Å²) in [5, 5.41) is 7.30. The highest BCUT2D eigenvalue weighted by atomic mass is 16.2. The molecule has 24 heavy (non-hydrogen) atoms. The summed E-state index contributed by atoms with van der Waals surface area (Å²) in [4.78, 5) is 17.3. The fraction of sp³-hybridized carbons (Fsp3) is 0.789. The van der Waals surface area contributed by atoms with Crippen molar-refractivity contribution >= 4 is 5.91 Å². The molecule has 0 unspecified atom stereocenters. The number of rotatable bonds is 4. The molecule has 0 radical (unpaired) electrons. The molecule has 1 aliphatic carbocycles. The van der Waals surface area contributed by atoms with E-state index < -0.39 is 0 Å². The van der Waals surface area contributed by atoms with E-state index in [1.165, 1.54) is 45.3 Å². The van der Waals surface area contributed by atoms with Crippen molar-refractivity contribution in [2.45, 2.75) is 51.4 Å². The van der Waals surface area contributed by atoms with E-state index in [0.717, 1.165) is 43.5 Å². The topological polar surface area (TPSA) is 52.2 Å². The van der Waals surface area contributed by atoms with Crippen LogP contribution in [0.1, 0.15) is 67.5 Å². The number of carbonyl (C=O) groups excluding carboxylic acids is 1. The molecule has 1 aromatic rings. The Bertz CT molecular complexity index is 564. The quantitative estimate of drug-likeness (QED) is 0.923. The van der Waals surface area contributed by atoms with Gasteiger partial charge in [-0.15, -0.1) is 0 Å². The number of nitrogens with zero attached hydrogens (tertiary/aromatic N) is 3. The van der Waals surface area contributed by atoms with Crippen molar-refractivity contribution in [2.24, 2.45) is 11.8 Å². The van der Waals surface area contributed by atoms with Crippen molar-refractivity contribution in [3.8, 4) is 0 Å². The molecule has 3 aliphatic rings. The summed E-state index contributed by atoms with van der Waals surface area (Å²) in [5.74, 6) is 2.39. The third kappa shape index (κ3) is 3.66. The van der Waals surface area contributed by atoms with Crippen LogP contribution >= 0.6 is 0 Å². The molecule has 0 aromatic carbocycles. The molecule has 0 atom stereocenters. The Morgan fingerprint density at radius 1 is 1.12 bits per heavy atom. The van der Waals surface area contributed by atoms with Crippen molar-refractivity contribution in [3.05, 3.63) is 17.5 Å². The van der Waals surface area contributed by atoms with Gasteiger partial charge in [0.1, 0.15) is 5.69 Å². The number of aromatic nitrogens is 2. The summed E-state index contributed by atoms with van der Waals surface area (Å²) in [6.45, 7) is 7.89. The second-order valence-electron chi connectivity index (χ2n) is 8.20. The highest BCUT2D eigenvalue weighted by molar-refractivity contribution is 5.92. The maximum Gasteiger partial charge on any atom is 0.274 e. The van der Waals surface area contributed by atoms with Crippen LogP contribution < -0.4 is 0 Å². The number of amides is 1. The highest BCUT2D eigenvalue weighted by Crippen LogP contribution is 2.39. The molecule has 1 amide bonds. The van der Waals surface area contributed by atoms with Crippen molar-refractivity contribution in [1.29, 1.82) is 0 Å². The Labute approximate surface area is 144 Å². The number of piperidine rings is 2. The lowest BCUT2D eigenvalue weighted by molar-refractivity contribution is 0.0648. The van der Waals surface area contributed by atoms with Crippen LogP contribution in [-0.4, -0.2) is 58.6 Å². The number of aromatic amines is 1. The molecule has 3 fully saturated rings. The monoisotopic (exact) mass is 330 g/mol. The minimum atomic E-state index is 0.114. The van der Waals surface area contributed by atoms with Gasteiger partial charge >= 0.3 is 0 Å². The van der Waals surface area contributed by atoms with Crippen LogP contribution in [0.5, 0.6) is 0 Å². The molecule has 5 heteroatoms. The van der Waals surface area contributed by atoms with Gasteiger partial charge < -0.3 is 9.80 Å². The number of carbonyl (C=O) groups is 1. The average Bonchev–Trinajstić information content (AvgIpc) is 3.34. The Hall–Kier alpha value is -1.36. The number of hydrogen-bond acceptors (Lipinski definition) is 3. The van der Waals surface area contributed by atoms with E-state index in [2.05, 4.69) is 22.0 Å². The molecular weight excluding hydrogens is 300 g/mol. The van der Waals surface area contributed by atoms with Gasteiger partial charge in [0.2, 0.25) is 0 Å². The van der Waals surface area contributed by atoms with E-state index in [9.17, 15) is 4.79 Å². The van der Waals surface area contributed by atoms with E-state index in [1.54, 1.807) is 0 Å². The fourth-order valence-corrected chi connectivity index (χ4v) is 4.14. The maximum atomic E-state index is 12.6. The van der Waals surface area contributed by atoms with Crippen LogP contribution in [0, 0.1) is 11.8 Å². The molecule has 0 bridgehead atoms. The lowest BCUT2D eigenvalue weighted by Crippen LogP contribution is -2.43. The van der Waals surface area contributed by atoms with Crippen LogP contribution in [0.25, 0.3) is 0 Å². The first-order valence-electron chi connectivity index (χ1n) is 9.76. The zero-order valence-corrected chi connectivity index (χ0v) is 14.8. The summed E-state index contributed by atoms with van der Waals surface area (Å²) in [7, 11) is 0. The second-order valence-corrected chi connectivity index (χ2v) is 8.20. The lowest BCUT2D eigenvalue weighted by atomic mass is 9.93. The predicted octanol–water partition coefficient (Wildman–Crippen LogP) is 2.87.